The van der Waals surface area contributed by atoms with Gasteiger partial charge in [-0.05, 0) is 0 Å². The van der Waals surface area contributed by atoms with E-state index in [1.807, 2.05) is 0 Å². The van der Waals surface area contributed by atoms with E-state index in [4.69, 9.17) is 61.6 Å². The Balaban J connectivity index is 1.19. The van der Waals surface area contributed by atoms with Gasteiger partial charge in [0.2, 0.25) is 6.29 Å². The van der Waals surface area contributed by atoms with Crippen LogP contribution in [0, 0.1) is 0 Å². The first-order chi connectivity index (χ1) is 36.6. The highest BCUT2D eigenvalue weighted by molar-refractivity contribution is 5.09. The Kier molecular flexibility index (Phi) is 21.9. The van der Waals surface area contributed by atoms with Crippen LogP contribution in [0.5, 0.6) is 0 Å². The molecule has 35 nitrogen and oxygen atoms in total. The van der Waals surface area contributed by atoms with Crippen LogP contribution in [0.25, 0.3) is 0 Å². The number of aliphatic hydroxyl groups is 22. The van der Waals surface area contributed by atoms with Gasteiger partial charge in [-0.2, -0.15) is 0 Å². The van der Waals surface area contributed by atoms with E-state index in [0.29, 0.717) is 0 Å². The first kappa shape index (κ1) is 62.6. The Bertz CT molecular complexity index is 1850. The first-order valence-corrected chi connectivity index (χ1v) is 24.3. The molecule has 13 aliphatic heterocycles. The highest BCUT2D eigenvalue weighted by atomic mass is 16.8. The highest BCUT2D eigenvalue weighted by Crippen LogP contribution is 2.38. The van der Waals surface area contributed by atoms with Gasteiger partial charge in [0, 0.05) is 13.0 Å². The van der Waals surface area contributed by atoms with Gasteiger partial charge in [0.1, 0.15) is 153 Å². The van der Waals surface area contributed by atoms with E-state index in [1.54, 1.807) is 0 Å². The second-order valence-electron chi connectivity index (χ2n) is 19.1. The van der Waals surface area contributed by atoms with Gasteiger partial charge in [-0.15, -0.1) is 0 Å². The van der Waals surface area contributed by atoms with Crippen LogP contribution < -0.4 is 0 Å². The zero-order chi connectivity index (χ0) is 56.5. The predicted molar refractivity (Wildman–Crippen MR) is 231 cm³/mol. The SMILES string of the molecule is OCCC1OC2OC(CO)C(OC3OC(CO)C(OC4OC(CO)C(OC5OC(CO)C(OC6OC(CO)C(OC7OC(CO)C(OC(O)C(O)=C1O)C(O)C7O)C(O)C6O)C(O)C5O)C(O)C4O)C(O)C3O)C(O)C2O. The molecule has 0 aromatic rings. The minimum Gasteiger partial charge on any atom is -0.506 e. The summed E-state index contributed by atoms with van der Waals surface area (Å²) in [4.78, 5) is 0. The van der Waals surface area contributed by atoms with Gasteiger partial charge in [-0.25, -0.2) is 0 Å². The Hall–Kier alpha value is -1.98. The van der Waals surface area contributed by atoms with Crippen LogP contribution in [0.15, 0.2) is 11.5 Å². The van der Waals surface area contributed by atoms with Crippen LogP contribution in [0.3, 0.4) is 0 Å². The summed E-state index contributed by atoms with van der Waals surface area (Å²) in [7, 11) is 0. The highest BCUT2D eigenvalue weighted by Gasteiger charge is 2.58. The van der Waals surface area contributed by atoms with Crippen molar-refractivity contribution in [1.29, 1.82) is 0 Å². The van der Waals surface area contributed by atoms with E-state index in [2.05, 4.69) is 0 Å². The van der Waals surface area contributed by atoms with Gasteiger partial charge in [0.25, 0.3) is 0 Å². The molecule has 32 atom stereocenters. The van der Waals surface area contributed by atoms with E-state index >= 15 is 0 Å². The summed E-state index contributed by atoms with van der Waals surface area (Å²) in [5.74, 6) is -2.86. The molecule has 0 aliphatic carbocycles. The van der Waals surface area contributed by atoms with Crippen molar-refractivity contribution in [3.05, 3.63) is 11.5 Å². The second-order valence-corrected chi connectivity index (χ2v) is 19.1. The Labute approximate surface area is 434 Å². The fraction of sp³-hybridized carbons (Fsp3) is 0.952. The standard InChI is InChI=1S/C42H70O35/c43-2-1-9-16(50)23(57)36(64)72-30-10(3-44)67-38(25(59)17(30)51)74-32-12(5-46)69-40(27(61)19(32)53)76-34-14(7-48)71-42(29(63)21(34)55)77-35-15(8-49)70-41(28(62)22(35)56)75-33-13(6-47)68-39(26(60)20(33)54)73-31-11(4-45)66-37(65-9)24(58)18(31)52/h9-15,17-22,24-64H,1-8H2. The van der Waals surface area contributed by atoms with Gasteiger partial charge >= 0.3 is 0 Å². The number of fused-ring (bicyclic) bond motifs is 6. The lowest BCUT2D eigenvalue weighted by molar-refractivity contribution is -0.396. The van der Waals surface area contributed by atoms with E-state index in [9.17, 15) is 112 Å². The van der Waals surface area contributed by atoms with Crippen LogP contribution in [0.4, 0.5) is 0 Å². The molecule has 35 heteroatoms. The summed E-state index contributed by atoms with van der Waals surface area (Å²) in [5.41, 5.74) is 0. The largest absolute Gasteiger partial charge is 0.506 e. The summed E-state index contributed by atoms with van der Waals surface area (Å²) in [6.45, 7) is -7.29. The second kappa shape index (κ2) is 26.9. The molecule has 0 saturated carbocycles. The molecule has 13 aliphatic rings. The van der Waals surface area contributed by atoms with E-state index in [1.165, 1.54) is 0 Å². The van der Waals surface area contributed by atoms with Crippen molar-refractivity contribution in [2.24, 2.45) is 0 Å². The quantitative estimate of drug-likeness (QED) is 0.107. The predicted octanol–water partition coefficient (Wildman–Crippen LogP) is -13.6. The molecular formula is C42H70O35. The molecular weight excluding hydrogens is 1060 g/mol. The Morgan fingerprint density at radius 2 is 0.455 bits per heavy atom. The molecule has 448 valence electrons. The van der Waals surface area contributed by atoms with Crippen LogP contribution >= 0.6 is 0 Å². The minimum atomic E-state index is -2.71. The van der Waals surface area contributed by atoms with Crippen LogP contribution in [0.2, 0.25) is 0 Å². The van der Waals surface area contributed by atoms with Gasteiger partial charge in [-0.3, -0.25) is 0 Å². The molecule has 6 fully saturated rings. The molecule has 0 aromatic heterocycles. The lowest BCUT2D eigenvalue weighted by Crippen LogP contribution is -2.68. The molecule has 0 radical (unpaired) electrons. The topological polar surface area (TPSA) is 565 Å². The molecule has 0 aromatic carbocycles. The molecule has 0 spiro atoms. The summed E-state index contributed by atoms with van der Waals surface area (Å²) >= 11 is 0. The lowest BCUT2D eigenvalue weighted by atomic mass is 9.95. The fourth-order valence-electron chi connectivity index (χ4n) is 9.83. The normalized spacial score (nSPS) is 51.9. The minimum absolute atomic E-state index is 0.680. The van der Waals surface area contributed by atoms with E-state index in [-0.39, 0.29) is 0 Å². The van der Waals surface area contributed by atoms with Crippen LogP contribution in [0.1, 0.15) is 6.42 Å². The summed E-state index contributed by atoms with van der Waals surface area (Å²) in [5, 5.41) is 239. The Morgan fingerprint density at radius 3 is 0.662 bits per heavy atom. The molecule has 22 N–H and O–H groups in total. The van der Waals surface area contributed by atoms with Crippen LogP contribution in [-0.2, 0) is 61.6 Å². The molecule has 0 amide bonds. The van der Waals surface area contributed by atoms with E-state index < -0.39 is 261 Å². The molecule has 13 rings (SSSR count). The molecule has 6 saturated heterocycles. The average Bonchev–Trinajstić information content (AvgIpc) is 3.43. The maximum atomic E-state index is 11.3. The summed E-state index contributed by atoms with van der Waals surface area (Å²) in [6.07, 6.45) is -66.5. The smallest absolute Gasteiger partial charge is 0.218 e. The third-order valence-corrected chi connectivity index (χ3v) is 14.2. The summed E-state index contributed by atoms with van der Waals surface area (Å²) in [6, 6.07) is 0. The molecule has 13 heterocycles. The maximum absolute atomic E-state index is 11.3. The zero-order valence-corrected chi connectivity index (χ0v) is 40.3. The number of ether oxygens (including phenoxy) is 13. The van der Waals surface area contributed by atoms with Crippen molar-refractivity contribution in [3.8, 4) is 0 Å². The third-order valence-electron chi connectivity index (χ3n) is 14.2. The van der Waals surface area contributed by atoms with Gasteiger partial charge in [0.05, 0.1) is 39.6 Å². The van der Waals surface area contributed by atoms with Crippen molar-refractivity contribution >= 4 is 0 Å². The van der Waals surface area contributed by atoms with Crippen molar-refractivity contribution in [2.75, 3.05) is 46.2 Å². The van der Waals surface area contributed by atoms with E-state index in [0.717, 1.165) is 0 Å². The number of hydrogen-bond donors (Lipinski definition) is 22. The fourth-order valence-corrected chi connectivity index (χ4v) is 9.83. The molecule has 77 heavy (non-hydrogen) atoms. The monoisotopic (exact) mass is 1130 g/mol. The van der Waals surface area contributed by atoms with Crippen molar-refractivity contribution in [2.45, 2.75) is 203 Å². The number of hydrogen-bond acceptors (Lipinski definition) is 35. The molecule has 12 bridgehead atoms. The lowest BCUT2D eigenvalue weighted by Gasteiger charge is -2.50. The zero-order valence-electron chi connectivity index (χ0n) is 40.3. The van der Waals surface area contributed by atoms with Gasteiger partial charge < -0.3 is 174 Å². The first-order valence-electron chi connectivity index (χ1n) is 24.3. The molecule has 32 unspecified atom stereocenters. The average molecular weight is 1130 g/mol. The maximum Gasteiger partial charge on any atom is 0.218 e. The van der Waals surface area contributed by atoms with Crippen LogP contribution in [-0.4, -0.2) is 355 Å². The van der Waals surface area contributed by atoms with Crippen molar-refractivity contribution < 1.29 is 174 Å². The van der Waals surface area contributed by atoms with Gasteiger partial charge in [0.15, 0.2) is 49.3 Å². The van der Waals surface area contributed by atoms with Crippen molar-refractivity contribution in [1.82, 2.24) is 0 Å². The summed E-state index contributed by atoms with van der Waals surface area (Å²) < 4.78 is 72.8. The van der Waals surface area contributed by atoms with Crippen molar-refractivity contribution in [3.63, 3.8) is 0 Å². The number of aliphatic hydroxyl groups excluding tert-OH is 22. The third kappa shape index (κ3) is 12.8. The Morgan fingerprint density at radius 1 is 0.247 bits per heavy atom. The van der Waals surface area contributed by atoms with Gasteiger partial charge in [-0.1, -0.05) is 0 Å². The number of rotatable bonds is 8.